The van der Waals surface area contributed by atoms with Crippen molar-refractivity contribution in [2.75, 3.05) is 19.8 Å². The summed E-state index contributed by atoms with van der Waals surface area (Å²) in [5.74, 6) is -0.143. The van der Waals surface area contributed by atoms with Crippen LogP contribution in [0.5, 0.6) is 0 Å². The van der Waals surface area contributed by atoms with E-state index in [2.05, 4.69) is 11.9 Å². The summed E-state index contributed by atoms with van der Waals surface area (Å²) in [6.07, 6.45) is 1.65. The van der Waals surface area contributed by atoms with Crippen molar-refractivity contribution in [2.24, 2.45) is 5.73 Å². The fraction of sp³-hybridized carbons (Fsp3) is 0.625. The predicted molar refractivity (Wildman–Crippen MR) is 47.7 cm³/mol. The van der Waals surface area contributed by atoms with Crippen LogP contribution in [0.25, 0.3) is 0 Å². The van der Waals surface area contributed by atoms with Gasteiger partial charge in [-0.25, -0.2) is 0 Å². The lowest BCUT2D eigenvalue weighted by Gasteiger charge is -2.08. The summed E-state index contributed by atoms with van der Waals surface area (Å²) in [6.45, 7) is 6.29. The van der Waals surface area contributed by atoms with E-state index < -0.39 is 0 Å². The summed E-state index contributed by atoms with van der Waals surface area (Å²) in [4.78, 5) is 11.0. The Labute approximate surface area is 72.8 Å². The van der Waals surface area contributed by atoms with Crippen molar-refractivity contribution in [1.29, 1.82) is 0 Å². The Kier molecular flexibility index (Phi) is 6.32. The normalized spacial score (nSPS) is 12.2. The van der Waals surface area contributed by atoms with Crippen LogP contribution in [0.2, 0.25) is 0 Å². The van der Waals surface area contributed by atoms with Gasteiger partial charge in [-0.15, -0.1) is 6.58 Å². The summed E-state index contributed by atoms with van der Waals surface area (Å²) in [6, 6.07) is -0.0148. The van der Waals surface area contributed by atoms with Gasteiger partial charge in [-0.2, -0.15) is 0 Å². The predicted octanol–water partition coefficient (Wildman–Crippen LogP) is -0.348. The molecule has 1 amide bonds. The van der Waals surface area contributed by atoms with Crippen LogP contribution in [0.3, 0.4) is 0 Å². The molecule has 70 valence electrons. The molecule has 12 heavy (non-hydrogen) atoms. The van der Waals surface area contributed by atoms with E-state index in [-0.39, 0.29) is 18.6 Å². The van der Waals surface area contributed by atoms with Crippen LogP contribution in [-0.4, -0.2) is 31.7 Å². The Balaban J connectivity index is 3.39. The van der Waals surface area contributed by atoms with Crippen molar-refractivity contribution < 1.29 is 9.53 Å². The highest BCUT2D eigenvalue weighted by Gasteiger charge is 2.02. The molecule has 0 aliphatic carbocycles. The van der Waals surface area contributed by atoms with Crippen LogP contribution >= 0.6 is 0 Å². The van der Waals surface area contributed by atoms with Crippen molar-refractivity contribution >= 4 is 5.91 Å². The second-order valence-corrected chi connectivity index (χ2v) is 2.43. The Bertz CT molecular complexity index is 148. The zero-order valence-electron chi connectivity index (χ0n) is 7.38. The van der Waals surface area contributed by atoms with Crippen LogP contribution < -0.4 is 11.1 Å². The van der Waals surface area contributed by atoms with Crippen molar-refractivity contribution in [2.45, 2.75) is 13.0 Å². The molecule has 0 aromatic rings. The standard InChI is InChI=1S/C8H16N2O2/c1-3-7(2)10-8(11)6-12-5-4-9/h3,7H,1,4-6,9H2,2H3,(H,10,11). The highest BCUT2D eigenvalue weighted by molar-refractivity contribution is 5.77. The van der Waals surface area contributed by atoms with Crippen molar-refractivity contribution in [1.82, 2.24) is 5.32 Å². The van der Waals surface area contributed by atoms with Gasteiger partial charge in [0.25, 0.3) is 0 Å². The molecule has 0 fully saturated rings. The maximum atomic E-state index is 11.0. The fourth-order valence-corrected chi connectivity index (χ4v) is 0.603. The number of amides is 1. The van der Waals surface area contributed by atoms with Gasteiger partial charge in [0.05, 0.1) is 6.61 Å². The summed E-state index contributed by atoms with van der Waals surface area (Å²) in [7, 11) is 0. The Morgan fingerprint density at radius 2 is 2.50 bits per heavy atom. The first-order chi connectivity index (χ1) is 5.70. The zero-order valence-corrected chi connectivity index (χ0v) is 7.38. The molecule has 0 heterocycles. The first kappa shape index (κ1) is 11.1. The van der Waals surface area contributed by atoms with Gasteiger partial charge >= 0.3 is 0 Å². The van der Waals surface area contributed by atoms with Crippen molar-refractivity contribution in [3.8, 4) is 0 Å². The molecule has 0 radical (unpaired) electrons. The number of hydrogen-bond donors (Lipinski definition) is 2. The van der Waals surface area contributed by atoms with Crippen LogP contribution in [0, 0.1) is 0 Å². The van der Waals surface area contributed by atoms with Crippen LogP contribution in [0.4, 0.5) is 0 Å². The molecular weight excluding hydrogens is 156 g/mol. The van der Waals surface area contributed by atoms with E-state index >= 15 is 0 Å². The Morgan fingerprint density at radius 1 is 1.83 bits per heavy atom. The molecular formula is C8H16N2O2. The fourth-order valence-electron chi connectivity index (χ4n) is 0.603. The number of carbonyl (C=O) groups excluding carboxylic acids is 1. The third-order valence-corrected chi connectivity index (χ3v) is 1.24. The minimum atomic E-state index is -0.143. The second kappa shape index (κ2) is 6.82. The lowest BCUT2D eigenvalue weighted by Crippen LogP contribution is -2.34. The molecule has 0 aliphatic rings. The van der Waals surface area contributed by atoms with Gasteiger partial charge in [0, 0.05) is 12.6 Å². The molecule has 0 bridgehead atoms. The van der Waals surface area contributed by atoms with Gasteiger partial charge in [-0.05, 0) is 6.92 Å². The largest absolute Gasteiger partial charge is 0.370 e. The van der Waals surface area contributed by atoms with E-state index in [9.17, 15) is 4.79 Å². The highest BCUT2D eigenvalue weighted by atomic mass is 16.5. The molecule has 0 saturated carbocycles. The number of nitrogens with two attached hydrogens (primary N) is 1. The molecule has 0 aromatic heterocycles. The van der Waals surface area contributed by atoms with E-state index in [0.29, 0.717) is 13.2 Å². The monoisotopic (exact) mass is 172 g/mol. The van der Waals surface area contributed by atoms with Gasteiger partial charge in [-0.3, -0.25) is 4.79 Å². The van der Waals surface area contributed by atoms with E-state index in [4.69, 9.17) is 10.5 Å². The molecule has 3 N–H and O–H groups in total. The van der Waals surface area contributed by atoms with Crippen LogP contribution in [-0.2, 0) is 9.53 Å². The van der Waals surface area contributed by atoms with E-state index in [1.807, 2.05) is 6.92 Å². The molecule has 1 unspecified atom stereocenters. The molecule has 0 aromatic carbocycles. The Morgan fingerprint density at radius 3 is 3.00 bits per heavy atom. The summed E-state index contributed by atoms with van der Waals surface area (Å²) >= 11 is 0. The van der Waals surface area contributed by atoms with E-state index in [0.717, 1.165) is 0 Å². The molecule has 0 rings (SSSR count). The summed E-state index contributed by atoms with van der Waals surface area (Å²) < 4.78 is 4.92. The highest BCUT2D eigenvalue weighted by Crippen LogP contribution is 1.82. The first-order valence-electron chi connectivity index (χ1n) is 3.90. The molecule has 0 saturated heterocycles. The van der Waals surface area contributed by atoms with E-state index in [1.165, 1.54) is 0 Å². The quantitative estimate of drug-likeness (QED) is 0.425. The molecule has 4 heteroatoms. The minimum Gasteiger partial charge on any atom is -0.370 e. The van der Waals surface area contributed by atoms with Crippen molar-refractivity contribution in [3.63, 3.8) is 0 Å². The lowest BCUT2D eigenvalue weighted by atomic mass is 10.3. The van der Waals surface area contributed by atoms with Crippen LogP contribution in [0.15, 0.2) is 12.7 Å². The third kappa shape index (κ3) is 5.88. The van der Waals surface area contributed by atoms with Gasteiger partial charge in [0.1, 0.15) is 6.61 Å². The van der Waals surface area contributed by atoms with E-state index in [1.54, 1.807) is 6.08 Å². The number of rotatable bonds is 6. The van der Waals surface area contributed by atoms with Crippen LogP contribution in [0.1, 0.15) is 6.92 Å². The zero-order chi connectivity index (χ0) is 9.40. The topological polar surface area (TPSA) is 64.3 Å². The maximum Gasteiger partial charge on any atom is 0.246 e. The SMILES string of the molecule is C=CC(C)NC(=O)COCCN. The summed E-state index contributed by atoms with van der Waals surface area (Å²) in [5.41, 5.74) is 5.17. The number of nitrogens with one attached hydrogen (secondary N) is 1. The van der Waals surface area contributed by atoms with Gasteiger partial charge in [0.15, 0.2) is 0 Å². The summed E-state index contributed by atoms with van der Waals surface area (Å²) in [5, 5.41) is 2.67. The third-order valence-electron chi connectivity index (χ3n) is 1.24. The van der Waals surface area contributed by atoms with Gasteiger partial charge in [-0.1, -0.05) is 6.08 Å². The molecule has 4 nitrogen and oxygen atoms in total. The lowest BCUT2D eigenvalue weighted by molar-refractivity contribution is -0.125. The molecule has 0 aliphatic heterocycles. The van der Waals surface area contributed by atoms with Gasteiger partial charge in [0.2, 0.25) is 5.91 Å². The second-order valence-electron chi connectivity index (χ2n) is 2.43. The van der Waals surface area contributed by atoms with Gasteiger partial charge < -0.3 is 15.8 Å². The number of carbonyl (C=O) groups is 1. The average Bonchev–Trinajstić information content (AvgIpc) is 2.05. The average molecular weight is 172 g/mol. The first-order valence-corrected chi connectivity index (χ1v) is 3.90. The molecule has 0 spiro atoms. The Hall–Kier alpha value is -0.870. The number of ether oxygens (including phenoxy) is 1. The maximum absolute atomic E-state index is 11.0. The molecule has 1 atom stereocenters. The van der Waals surface area contributed by atoms with Crippen molar-refractivity contribution in [3.05, 3.63) is 12.7 Å². The smallest absolute Gasteiger partial charge is 0.246 e. The minimum absolute atomic E-state index is 0.0148. The number of hydrogen-bond acceptors (Lipinski definition) is 3.